The standard InChI is InChI=1S/C26H30FN3O8S/c1-15-6-10-22(38-15)18-9-8-17(13-19(18)27)39(35,36)29-20-12-16(7-11-23(20)37-5)28-24(32)21(14-31)30(25(33)34)26(2,3)4/h6-13,21,29,31H,14H2,1-5H3,(H,28,32)(H,33,34)/t21-/m0/s1. The zero-order valence-corrected chi connectivity index (χ0v) is 22.8. The molecule has 4 N–H and O–H groups in total. The molecule has 1 aromatic heterocycles. The lowest BCUT2D eigenvalue weighted by atomic mass is 10.0. The highest BCUT2D eigenvalue weighted by Gasteiger charge is 2.37. The molecule has 39 heavy (non-hydrogen) atoms. The van der Waals surface area contributed by atoms with E-state index in [9.17, 15) is 32.6 Å². The number of aliphatic hydroxyl groups is 1. The maximum atomic E-state index is 14.8. The molecule has 0 aliphatic carbocycles. The number of sulfonamides is 1. The molecule has 11 nitrogen and oxygen atoms in total. The van der Waals surface area contributed by atoms with Gasteiger partial charge in [0.25, 0.3) is 10.0 Å². The third-order valence-corrected chi connectivity index (χ3v) is 7.05. The molecule has 0 unspecified atom stereocenters. The molecule has 1 heterocycles. The molecule has 0 bridgehead atoms. The zero-order valence-electron chi connectivity index (χ0n) is 22.0. The lowest BCUT2D eigenvalue weighted by Crippen LogP contribution is -2.57. The van der Waals surface area contributed by atoms with Crippen LogP contribution in [0.5, 0.6) is 5.75 Å². The van der Waals surface area contributed by atoms with Gasteiger partial charge in [-0.05, 0) is 76.2 Å². The van der Waals surface area contributed by atoms with Crippen LogP contribution in [-0.4, -0.2) is 60.8 Å². The van der Waals surface area contributed by atoms with Gasteiger partial charge in [0.1, 0.15) is 29.1 Å². The molecule has 3 rings (SSSR count). The molecule has 3 aromatic rings. The third-order valence-electron chi connectivity index (χ3n) is 5.68. The molecule has 0 fully saturated rings. The van der Waals surface area contributed by atoms with Gasteiger partial charge in [0.05, 0.1) is 29.9 Å². The first kappa shape index (κ1) is 29.5. The molecule has 2 amide bonds. The second-order valence-electron chi connectivity index (χ2n) is 9.58. The largest absolute Gasteiger partial charge is 0.495 e. The van der Waals surface area contributed by atoms with Gasteiger partial charge in [0.15, 0.2) is 0 Å². The summed E-state index contributed by atoms with van der Waals surface area (Å²) in [6.45, 7) is 5.63. The highest BCUT2D eigenvalue weighted by molar-refractivity contribution is 7.92. The number of methoxy groups -OCH3 is 1. The quantitative estimate of drug-likeness (QED) is 0.300. The van der Waals surface area contributed by atoms with Gasteiger partial charge in [-0.25, -0.2) is 17.6 Å². The van der Waals surface area contributed by atoms with Crippen molar-refractivity contribution in [3.8, 4) is 17.1 Å². The van der Waals surface area contributed by atoms with E-state index in [0.29, 0.717) is 5.76 Å². The van der Waals surface area contributed by atoms with Gasteiger partial charge in [-0.3, -0.25) is 14.4 Å². The molecule has 210 valence electrons. The summed E-state index contributed by atoms with van der Waals surface area (Å²) < 4.78 is 53.9. The number of benzene rings is 2. The Morgan fingerprint density at radius 3 is 2.33 bits per heavy atom. The first-order valence-electron chi connectivity index (χ1n) is 11.7. The summed E-state index contributed by atoms with van der Waals surface area (Å²) in [5.41, 5.74) is -0.898. The Morgan fingerprint density at radius 2 is 1.82 bits per heavy atom. The van der Waals surface area contributed by atoms with Gasteiger partial charge in [0.2, 0.25) is 5.91 Å². The topological polar surface area (TPSA) is 158 Å². The number of carbonyl (C=O) groups excluding carboxylic acids is 1. The molecule has 0 saturated carbocycles. The van der Waals surface area contributed by atoms with E-state index in [1.165, 1.54) is 37.4 Å². The number of ether oxygens (including phenoxy) is 1. The van der Waals surface area contributed by atoms with E-state index in [1.54, 1.807) is 39.8 Å². The van der Waals surface area contributed by atoms with Crippen molar-refractivity contribution in [3.05, 3.63) is 60.1 Å². The van der Waals surface area contributed by atoms with E-state index in [4.69, 9.17) is 9.15 Å². The SMILES string of the molecule is COc1ccc(NC(=O)[C@H](CO)N(C(=O)O)C(C)(C)C)cc1NS(=O)(=O)c1ccc(-c2ccc(C)o2)c(F)c1. The van der Waals surface area contributed by atoms with E-state index in [2.05, 4.69) is 10.0 Å². The minimum atomic E-state index is -4.31. The number of nitrogens with one attached hydrogen (secondary N) is 2. The van der Waals surface area contributed by atoms with Crippen molar-refractivity contribution >= 4 is 33.4 Å². The fraction of sp³-hybridized carbons (Fsp3) is 0.308. The maximum absolute atomic E-state index is 14.8. The van der Waals surface area contributed by atoms with Gasteiger partial charge in [-0.1, -0.05) is 0 Å². The number of aryl methyl sites for hydroxylation is 1. The first-order chi connectivity index (χ1) is 18.2. The Labute approximate surface area is 225 Å². The molecule has 1 atom stereocenters. The Balaban J connectivity index is 1.88. The normalized spacial score (nSPS) is 12.5. The van der Waals surface area contributed by atoms with Crippen LogP contribution in [0.25, 0.3) is 11.3 Å². The number of halogens is 1. The number of hydrogen-bond acceptors (Lipinski definition) is 7. The van der Waals surface area contributed by atoms with E-state index in [0.717, 1.165) is 11.0 Å². The number of carbonyl (C=O) groups is 2. The lowest BCUT2D eigenvalue weighted by Gasteiger charge is -2.37. The predicted octanol–water partition coefficient (Wildman–Crippen LogP) is 4.28. The summed E-state index contributed by atoms with van der Waals surface area (Å²) in [6, 6.07) is 9.18. The smallest absolute Gasteiger partial charge is 0.408 e. The number of carboxylic acid groups (broad SMARTS) is 1. The van der Waals surface area contributed by atoms with E-state index in [1.807, 2.05) is 0 Å². The van der Waals surface area contributed by atoms with Crippen LogP contribution in [0.2, 0.25) is 0 Å². The zero-order chi connectivity index (χ0) is 29.1. The van der Waals surface area contributed by atoms with Crippen molar-refractivity contribution < 1.29 is 41.8 Å². The molecule has 2 aromatic carbocycles. The number of hydrogen-bond donors (Lipinski definition) is 4. The number of furan rings is 1. The number of amides is 2. The fourth-order valence-electron chi connectivity index (χ4n) is 3.91. The third kappa shape index (κ3) is 6.67. The summed E-state index contributed by atoms with van der Waals surface area (Å²) in [6.07, 6.45) is -1.40. The second-order valence-corrected chi connectivity index (χ2v) is 11.3. The lowest BCUT2D eigenvalue weighted by molar-refractivity contribution is -0.124. The van der Waals surface area contributed by atoms with E-state index < -0.39 is 46.0 Å². The molecule has 0 radical (unpaired) electrons. The van der Waals surface area contributed by atoms with Crippen molar-refractivity contribution in [2.45, 2.75) is 44.2 Å². The van der Waals surface area contributed by atoms with Crippen molar-refractivity contribution in [1.82, 2.24) is 4.90 Å². The average molecular weight is 564 g/mol. The summed E-state index contributed by atoms with van der Waals surface area (Å²) in [4.78, 5) is 25.1. The van der Waals surface area contributed by atoms with Crippen LogP contribution in [0.4, 0.5) is 20.6 Å². The van der Waals surface area contributed by atoms with Crippen LogP contribution >= 0.6 is 0 Å². The highest BCUT2D eigenvalue weighted by atomic mass is 32.2. The molecule has 0 saturated heterocycles. The van der Waals surface area contributed by atoms with E-state index in [-0.39, 0.29) is 33.3 Å². The van der Waals surface area contributed by atoms with Crippen LogP contribution in [0.15, 0.2) is 57.8 Å². The Morgan fingerprint density at radius 1 is 1.13 bits per heavy atom. The van der Waals surface area contributed by atoms with Gasteiger partial charge in [0, 0.05) is 11.2 Å². The Kier molecular flexibility index (Phi) is 8.56. The predicted molar refractivity (Wildman–Crippen MR) is 142 cm³/mol. The first-order valence-corrected chi connectivity index (χ1v) is 13.2. The number of rotatable bonds is 9. The Hall–Kier alpha value is -4.10. The molecule has 0 spiro atoms. The van der Waals surface area contributed by atoms with Crippen LogP contribution in [-0.2, 0) is 14.8 Å². The van der Waals surface area contributed by atoms with Gasteiger partial charge in [-0.15, -0.1) is 0 Å². The summed E-state index contributed by atoms with van der Waals surface area (Å²) >= 11 is 0. The number of anilines is 2. The minimum Gasteiger partial charge on any atom is -0.495 e. The number of nitrogens with zero attached hydrogens (tertiary/aromatic N) is 1. The summed E-state index contributed by atoms with van der Waals surface area (Å²) in [7, 11) is -3.01. The van der Waals surface area contributed by atoms with Crippen molar-refractivity contribution in [2.24, 2.45) is 0 Å². The highest BCUT2D eigenvalue weighted by Crippen LogP contribution is 2.32. The van der Waals surface area contributed by atoms with Crippen molar-refractivity contribution in [1.29, 1.82) is 0 Å². The van der Waals surface area contributed by atoms with Gasteiger partial charge >= 0.3 is 6.09 Å². The second kappa shape index (κ2) is 11.3. The van der Waals surface area contributed by atoms with Gasteiger partial charge < -0.3 is 24.7 Å². The number of aliphatic hydroxyl groups excluding tert-OH is 1. The monoisotopic (exact) mass is 563 g/mol. The Bertz CT molecular complexity index is 1480. The van der Waals surface area contributed by atoms with Crippen LogP contribution in [0, 0.1) is 12.7 Å². The summed E-state index contributed by atoms with van der Waals surface area (Å²) in [5, 5.41) is 21.8. The molecule has 0 aliphatic heterocycles. The molecular formula is C26H30FN3O8S. The summed E-state index contributed by atoms with van der Waals surface area (Å²) in [5.74, 6) is -0.723. The minimum absolute atomic E-state index is 0.0760. The van der Waals surface area contributed by atoms with Crippen molar-refractivity contribution in [3.63, 3.8) is 0 Å². The van der Waals surface area contributed by atoms with Crippen LogP contribution in [0.1, 0.15) is 26.5 Å². The van der Waals surface area contributed by atoms with Crippen LogP contribution in [0.3, 0.4) is 0 Å². The fourth-order valence-corrected chi connectivity index (χ4v) is 4.98. The maximum Gasteiger partial charge on any atom is 0.408 e. The van der Waals surface area contributed by atoms with Gasteiger partial charge in [-0.2, -0.15) is 0 Å². The van der Waals surface area contributed by atoms with E-state index >= 15 is 0 Å². The van der Waals surface area contributed by atoms with Crippen molar-refractivity contribution in [2.75, 3.05) is 23.8 Å². The van der Waals surface area contributed by atoms with Crippen LogP contribution < -0.4 is 14.8 Å². The molecule has 0 aliphatic rings. The average Bonchev–Trinajstić information content (AvgIpc) is 3.27. The molecular weight excluding hydrogens is 533 g/mol. The molecule has 13 heteroatoms.